The summed E-state index contributed by atoms with van der Waals surface area (Å²) in [6, 6.07) is 0.894. The number of hydrogen-bond acceptors (Lipinski definition) is 1. The summed E-state index contributed by atoms with van der Waals surface area (Å²) in [5, 5.41) is 3.13. The van der Waals surface area contributed by atoms with Crippen LogP contribution in [0.4, 0.5) is 4.79 Å². The molecule has 1 aliphatic rings. The van der Waals surface area contributed by atoms with Crippen LogP contribution in [0, 0.1) is 0 Å². The van der Waals surface area contributed by atoms with Gasteiger partial charge in [0.1, 0.15) is 0 Å². The number of nitrogens with one attached hydrogen (secondary N) is 1. The minimum Gasteiger partial charge on any atom is -0.335 e. The molecule has 0 radical (unpaired) electrons. The van der Waals surface area contributed by atoms with Crippen LogP contribution >= 0.6 is 0 Å². The summed E-state index contributed by atoms with van der Waals surface area (Å²) >= 11 is 0. The first-order valence-corrected chi connectivity index (χ1v) is 6.26. The van der Waals surface area contributed by atoms with Crippen molar-refractivity contribution >= 4 is 6.03 Å². The second-order valence-corrected chi connectivity index (χ2v) is 4.47. The maximum Gasteiger partial charge on any atom is 0.317 e. The number of amides is 2. The van der Waals surface area contributed by atoms with Crippen LogP contribution in [0.5, 0.6) is 0 Å². The van der Waals surface area contributed by atoms with E-state index in [9.17, 15) is 4.79 Å². The Hall–Kier alpha value is -0.730. The highest BCUT2D eigenvalue weighted by Crippen LogP contribution is 2.18. The van der Waals surface area contributed by atoms with Gasteiger partial charge < -0.3 is 10.2 Å². The van der Waals surface area contributed by atoms with Crippen molar-refractivity contribution in [2.75, 3.05) is 6.54 Å². The molecule has 0 spiro atoms. The van der Waals surface area contributed by atoms with Gasteiger partial charge in [-0.1, -0.05) is 19.8 Å². The number of carbonyl (C=O) groups is 1. The van der Waals surface area contributed by atoms with Gasteiger partial charge in [-0.3, -0.25) is 0 Å². The molecule has 0 bridgehead atoms. The molecule has 0 saturated heterocycles. The maximum atomic E-state index is 11.9. The lowest BCUT2D eigenvalue weighted by atomic mass is 10.2. The normalized spacial score (nSPS) is 18.9. The molecule has 3 heteroatoms. The molecular formula is C12H24N2O. The highest BCUT2D eigenvalue weighted by molar-refractivity contribution is 5.74. The molecule has 1 atom stereocenters. The number of hydrogen-bond donors (Lipinski definition) is 1. The maximum absolute atomic E-state index is 11.9. The molecule has 1 aliphatic carbocycles. The van der Waals surface area contributed by atoms with E-state index in [0.717, 1.165) is 25.8 Å². The standard InChI is InChI=1S/C12H24N2O/c1-4-10(3)14(5-2)12(15)13-11-8-6-7-9-11/h10-11H,4-9H2,1-3H3,(H,13,15). The second-order valence-electron chi connectivity index (χ2n) is 4.47. The predicted octanol–water partition coefficient (Wildman–Crippen LogP) is 2.76. The Kier molecular flexibility index (Phi) is 4.92. The zero-order valence-corrected chi connectivity index (χ0v) is 10.3. The summed E-state index contributed by atoms with van der Waals surface area (Å²) in [4.78, 5) is 13.9. The summed E-state index contributed by atoms with van der Waals surface area (Å²) < 4.78 is 0. The molecule has 0 aromatic carbocycles. The van der Waals surface area contributed by atoms with Gasteiger partial charge in [0.2, 0.25) is 0 Å². The van der Waals surface area contributed by atoms with Crippen molar-refractivity contribution in [1.82, 2.24) is 10.2 Å². The van der Waals surface area contributed by atoms with Crippen LogP contribution in [0.2, 0.25) is 0 Å². The summed E-state index contributed by atoms with van der Waals surface area (Å²) in [5.41, 5.74) is 0. The molecule has 1 N–H and O–H groups in total. The van der Waals surface area contributed by atoms with Gasteiger partial charge >= 0.3 is 6.03 Å². The van der Waals surface area contributed by atoms with Crippen molar-refractivity contribution in [3.8, 4) is 0 Å². The monoisotopic (exact) mass is 212 g/mol. The Morgan fingerprint density at radius 1 is 1.40 bits per heavy atom. The highest BCUT2D eigenvalue weighted by atomic mass is 16.2. The van der Waals surface area contributed by atoms with E-state index in [1.165, 1.54) is 12.8 Å². The van der Waals surface area contributed by atoms with Crippen molar-refractivity contribution < 1.29 is 4.79 Å². The average Bonchev–Trinajstić information content (AvgIpc) is 2.71. The van der Waals surface area contributed by atoms with E-state index < -0.39 is 0 Å². The fraction of sp³-hybridized carbons (Fsp3) is 0.917. The minimum absolute atomic E-state index is 0.124. The fourth-order valence-electron chi connectivity index (χ4n) is 2.20. The molecule has 1 fully saturated rings. The molecule has 3 nitrogen and oxygen atoms in total. The highest BCUT2D eigenvalue weighted by Gasteiger charge is 2.22. The average molecular weight is 212 g/mol. The van der Waals surface area contributed by atoms with Crippen molar-refractivity contribution in [1.29, 1.82) is 0 Å². The fourth-order valence-corrected chi connectivity index (χ4v) is 2.20. The third-order valence-corrected chi connectivity index (χ3v) is 3.41. The van der Waals surface area contributed by atoms with Gasteiger partial charge in [0.25, 0.3) is 0 Å². The molecular weight excluding hydrogens is 188 g/mol. The van der Waals surface area contributed by atoms with Crippen LogP contribution in [0.15, 0.2) is 0 Å². The SMILES string of the molecule is CCC(C)N(CC)C(=O)NC1CCCC1. The number of carbonyl (C=O) groups excluding carboxylic acids is 1. The van der Waals surface area contributed by atoms with E-state index in [1.807, 2.05) is 11.8 Å². The lowest BCUT2D eigenvalue weighted by molar-refractivity contribution is 0.177. The third kappa shape index (κ3) is 3.40. The van der Waals surface area contributed by atoms with Crippen LogP contribution in [0.25, 0.3) is 0 Å². The molecule has 2 amide bonds. The van der Waals surface area contributed by atoms with Crippen molar-refractivity contribution in [3.05, 3.63) is 0 Å². The summed E-state index contributed by atoms with van der Waals surface area (Å²) in [6.07, 6.45) is 5.86. The van der Waals surface area contributed by atoms with Crippen LogP contribution in [-0.2, 0) is 0 Å². The van der Waals surface area contributed by atoms with Crippen LogP contribution in [0.1, 0.15) is 52.9 Å². The molecule has 0 aromatic rings. The predicted molar refractivity (Wildman–Crippen MR) is 62.9 cm³/mol. The Bertz CT molecular complexity index is 200. The molecule has 1 saturated carbocycles. The molecule has 0 aromatic heterocycles. The molecule has 0 heterocycles. The summed E-state index contributed by atoms with van der Waals surface area (Å²) in [5.74, 6) is 0. The van der Waals surface area contributed by atoms with E-state index in [4.69, 9.17) is 0 Å². The number of urea groups is 1. The number of rotatable bonds is 4. The lowest BCUT2D eigenvalue weighted by Crippen LogP contribution is -2.47. The van der Waals surface area contributed by atoms with Gasteiger partial charge in [-0.25, -0.2) is 4.79 Å². The van der Waals surface area contributed by atoms with E-state index in [-0.39, 0.29) is 6.03 Å². The van der Waals surface area contributed by atoms with E-state index >= 15 is 0 Å². The summed E-state index contributed by atoms with van der Waals surface area (Å²) in [7, 11) is 0. The Morgan fingerprint density at radius 3 is 2.47 bits per heavy atom. The van der Waals surface area contributed by atoms with E-state index in [2.05, 4.69) is 19.2 Å². The van der Waals surface area contributed by atoms with Gasteiger partial charge in [-0.15, -0.1) is 0 Å². The van der Waals surface area contributed by atoms with Gasteiger partial charge in [0.05, 0.1) is 0 Å². The summed E-state index contributed by atoms with van der Waals surface area (Å²) in [6.45, 7) is 7.07. The first kappa shape index (κ1) is 12.3. The van der Waals surface area contributed by atoms with Gasteiger partial charge in [0, 0.05) is 18.6 Å². The first-order chi connectivity index (χ1) is 7.19. The van der Waals surface area contributed by atoms with Crippen LogP contribution in [0.3, 0.4) is 0 Å². The van der Waals surface area contributed by atoms with Gasteiger partial charge in [-0.05, 0) is 33.1 Å². The Labute approximate surface area is 93.2 Å². The Balaban J connectivity index is 2.41. The largest absolute Gasteiger partial charge is 0.335 e. The molecule has 88 valence electrons. The molecule has 1 rings (SSSR count). The lowest BCUT2D eigenvalue weighted by Gasteiger charge is -2.28. The molecule has 1 unspecified atom stereocenters. The zero-order valence-electron chi connectivity index (χ0n) is 10.3. The van der Waals surface area contributed by atoms with Crippen LogP contribution < -0.4 is 5.32 Å². The van der Waals surface area contributed by atoms with Gasteiger partial charge in [-0.2, -0.15) is 0 Å². The molecule has 0 aliphatic heterocycles. The first-order valence-electron chi connectivity index (χ1n) is 6.26. The Morgan fingerprint density at radius 2 is 2.00 bits per heavy atom. The smallest absolute Gasteiger partial charge is 0.317 e. The third-order valence-electron chi connectivity index (χ3n) is 3.41. The van der Waals surface area contributed by atoms with Gasteiger partial charge in [0.15, 0.2) is 0 Å². The van der Waals surface area contributed by atoms with E-state index in [1.54, 1.807) is 0 Å². The van der Waals surface area contributed by atoms with E-state index in [0.29, 0.717) is 12.1 Å². The molecule has 15 heavy (non-hydrogen) atoms. The van der Waals surface area contributed by atoms with Crippen LogP contribution in [-0.4, -0.2) is 29.6 Å². The second kappa shape index (κ2) is 5.99. The number of nitrogens with zero attached hydrogens (tertiary/aromatic N) is 1. The minimum atomic E-state index is 0.124. The van der Waals surface area contributed by atoms with Crippen molar-refractivity contribution in [2.45, 2.75) is 65.0 Å². The van der Waals surface area contributed by atoms with Crippen molar-refractivity contribution in [2.24, 2.45) is 0 Å². The quantitative estimate of drug-likeness (QED) is 0.763. The van der Waals surface area contributed by atoms with Crippen molar-refractivity contribution in [3.63, 3.8) is 0 Å². The zero-order chi connectivity index (χ0) is 11.3. The topological polar surface area (TPSA) is 32.3 Å².